The minimum Gasteiger partial charge on any atom is -0.398 e. The van der Waals surface area contributed by atoms with Gasteiger partial charge in [0.05, 0.1) is 10.6 Å². The molecule has 0 unspecified atom stereocenters. The molecular weight excluding hydrogens is 264 g/mol. The molecule has 3 N–H and O–H groups in total. The third-order valence-electron chi connectivity index (χ3n) is 2.93. The Labute approximate surface area is 114 Å². The molecule has 0 spiro atoms. The van der Waals surface area contributed by atoms with E-state index in [9.17, 15) is 13.2 Å². The summed E-state index contributed by atoms with van der Waals surface area (Å²) in [5.74, 6) is -1.06. The molecule has 6 heteroatoms. The molecule has 0 aromatic heterocycles. The number of carbonyl (C=O) groups is 1. The van der Waals surface area contributed by atoms with Gasteiger partial charge in [0.2, 0.25) is 5.91 Å². The second-order valence-corrected chi connectivity index (χ2v) is 6.34. The number of hydrogen-bond acceptors (Lipinski definition) is 4. The second kappa shape index (κ2) is 6.56. The van der Waals surface area contributed by atoms with E-state index in [0.717, 1.165) is 12.8 Å². The Kier molecular flexibility index (Phi) is 5.35. The molecule has 0 bridgehead atoms. The first-order valence-corrected chi connectivity index (χ1v) is 7.92. The van der Waals surface area contributed by atoms with Crippen molar-refractivity contribution < 1.29 is 13.2 Å². The predicted octanol–water partition coefficient (Wildman–Crippen LogP) is 1.35. The smallest absolute Gasteiger partial charge is 0.235 e. The number of hydrogen-bond donors (Lipinski definition) is 2. The summed E-state index contributed by atoms with van der Waals surface area (Å²) < 4.78 is 24.2. The highest BCUT2D eigenvalue weighted by atomic mass is 32.2. The van der Waals surface area contributed by atoms with E-state index in [1.165, 1.54) is 12.1 Å². The van der Waals surface area contributed by atoms with Crippen molar-refractivity contribution >= 4 is 21.4 Å². The van der Waals surface area contributed by atoms with Gasteiger partial charge in [-0.3, -0.25) is 4.79 Å². The summed E-state index contributed by atoms with van der Waals surface area (Å²) in [5, 5.41) is 2.70. The van der Waals surface area contributed by atoms with E-state index in [1.807, 2.05) is 13.8 Å². The van der Waals surface area contributed by atoms with E-state index in [1.54, 1.807) is 12.1 Å². The molecule has 1 aromatic rings. The Morgan fingerprint density at radius 2 is 1.84 bits per heavy atom. The second-order valence-electron chi connectivity index (χ2n) is 4.38. The lowest BCUT2D eigenvalue weighted by Gasteiger charge is -2.15. The molecule has 1 amide bonds. The van der Waals surface area contributed by atoms with Gasteiger partial charge in [-0.25, -0.2) is 8.42 Å². The van der Waals surface area contributed by atoms with Crippen LogP contribution in [0.2, 0.25) is 0 Å². The van der Waals surface area contributed by atoms with Crippen LogP contribution < -0.4 is 11.1 Å². The summed E-state index contributed by atoms with van der Waals surface area (Å²) in [5.41, 5.74) is 5.79. The van der Waals surface area contributed by atoms with Gasteiger partial charge in [-0.05, 0) is 25.0 Å². The Hall–Kier alpha value is -1.56. The fourth-order valence-electron chi connectivity index (χ4n) is 1.78. The maximum absolute atomic E-state index is 12.1. The zero-order valence-electron chi connectivity index (χ0n) is 11.2. The molecule has 0 aliphatic carbocycles. The van der Waals surface area contributed by atoms with Crippen LogP contribution in [0.1, 0.15) is 26.7 Å². The molecule has 0 saturated carbocycles. The van der Waals surface area contributed by atoms with Gasteiger partial charge in [0.1, 0.15) is 5.75 Å². The van der Waals surface area contributed by atoms with Crippen molar-refractivity contribution in [3.05, 3.63) is 24.3 Å². The van der Waals surface area contributed by atoms with Crippen LogP contribution in [0.5, 0.6) is 0 Å². The standard InChI is InChI=1S/C13H20N2O3S/c1-3-10(4-2)15-13(16)9-19(17,18)12-8-6-5-7-11(12)14/h5-8,10H,3-4,9,14H2,1-2H3,(H,15,16). The predicted molar refractivity (Wildman–Crippen MR) is 75.4 cm³/mol. The molecule has 0 radical (unpaired) electrons. The van der Waals surface area contributed by atoms with E-state index in [2.05, 4.69) is 5.32 Å². The topological polar surface area (TPSA) is 89.3 Å². The van der Waals surface area contributed by atoms with Crippen molar-refractivity contribution in [3.8, 4) is 0 Å². The minimum atomic E-state index is -3.69. The molecule has 0 heterocycles. The molecule has 1 aromatic carbocycles. The molecule has 0 atom stereocenters. The van der Waals surface area contributed by atoms with E-state index >= 15 is 0 Å². The van der Waals surface area contributed by atoms with Gasteiger partial charge in [-0.2, -0.15) is 0 Å². The first-order valence-electron chi connectivity index (χ1n) is 6.27. The van der Waals surface area contributed by atoms with Gasteiger partial charge in [-0.1, -0.05) is 26.0 Å². The Morgan fingerprint density at radius 3 is 2.37 bits per heavy atom. The van der Waals surface area contributed by atoms with Crippen LogP contribution in [0.3, 0.4) is 0 Å². The number of para-hydroxylation sites is 1. The average Bonchev–Trinajstić information content (AvgIpc) is 2.35. The van der Waals surface area contributed by atoms with Crippen molar-refractivity contribution in [1.29, 1.82) is 0 Å². The van der Waals surface area contributed by atoms with Crippen LogP contribution in [0.25, 0.3) is 0 Å². The molecule has 106 valence electrons. The monoisotopic (exact) mass is 284 g/mol. The van der Waals surface area contributed by atoms with Crippen molar-refractivity contribution in [2.45, 2.75) is 37.6 Å². The fraction of sp³-hybridized carbons (Fsp3) is 0.462. The van der Waals surface area contributed by atoms with E-state index in [-0.39, 0.29) is 16.6 Å². The number of nitrogens with one attached hydrogen (secondary N) is 1. The Balaban J connectivity index is 2.81. The summed E-state index contributed by atoms with van der Waals surface area (Å²) in [6.07, 6.45) is 1.55. The lowest BCUT2D eigenvalue weighted by atomic mass is 10.2. The van der Waals surface area contributed by atoms with Crippen LogP contribution >= 0.6 is 0 Å². The Morgan fingerprint density at radius 1 is 1.26 bits per heavy atom. The molecule has 1 rings (SSSR count). The molecule has 0 aliphatic rings. The zero-order chi connectivity index (χ0) is 14.5. The van der Waals surface area contributed by atoms with Crippen LogP contribution in [0.15, 0.2) is 29.2 Å². The van der Waals surface area contributed by atoms with Gasteiger partial charge in [0.25, 0.3) is 0 Å². The first kappa shape index (κ1) is 15.5. The first-order chi connectivity index (χ1) is 8.90. The number of benzene rings is 1. The van der Waals surface area contributed by atoms with Crippen LogP contribution in [0.4, 0.5) is 5.69 Å². The molecular formula is C13H20N2O3S. The number of nitrogens with two attached hydrogens (primary N) is 1. The fourth-order valence-corrected chi connectivity index (χ4v) is 3.07. The van der Waals surface area contributed by atoms with Crippen LogP contribution in [0, 0.1) is 0 Å². The minimum absolute atomic E-state index is 0.00898. The van der Waals surface area contributed by atoms with Crippen molar-refractivity contribution in [3.63, 3.8) is 0 Å². The number of anilines is 1. The quantitative estimate of drug-likeness (QED) is 0.772. The third kappa shape index (κ3) is 4.24. The molecule has 19 heavy (non-hydrogen) atoms. The highest BCUT2D eigenvalue weighted by Crippen LogP contribution is 2.18. The lowest BCUT2D eigenvalue weighted by molar-refractivity contribution is -0.119. The zero-order valence-corrected chi connectivity index (χ0v) is 12.0. The van der Waals surface area contributed by atoms with Crippen molar-refractivity contribution in [1.82, 2.24) is 5.32 Å². The number of rotatable bonds is 6. The highest BCUT2D eigenvalue weighted by molar-refractivity contribution is 7.92. The van der Waals surface area contributed by atoms with Crippen LogP contribution in [-0.2, 0) is 14.6 Å². The molecule has 5 nitrogen and oxygen atoms in total. The summed E-state index contributed by atoms with van der Waals surface area (Å²) >= 11 is 0. The third-order valence-corrected chi connectivity index (χ3v) is 4.61. The van der Waals surface area contributed by atoms with E-state index < -0.39 is 21.5 Å². The maximum atomic E-state index is 12.1. The molecule has 0 saturated heterocycles. The average molecular weight is 284 g/mol. The maximum Gasteiger partial charge on any atom is 0.235 e. The SMILES string of the molecule is CCC(CC)NC(=O)CS(=O)(=O)c1ccccc1N. The summed E-state index contributed by atoms with van der Waals surface area (Å²) in [4.78, 5) is 11.7. The molecule has 0 aliphatic heterocycles. The largest absolute Gasteiger partial charge is 0.398 e. The van der Waals surface area contributed by atoms with Gasteiger partial charge in [0.15, 0.2) is 9.84 Å². The summed E-state index contributed by atoms with van der Waals surface area (Å²) in [7, 11) is -3.69. The van der Waals surface area contributed by atoms with Gasteiger partial charge in [-0.15, -0.1) is 0 Å². The number of amides is 1. The summed E-state index contributed by atoms with van der Waals surface area (Å²) in [6, 6.07) is 6.16. The van der Waals surface area contributed by atoms with E-state index in [0.29, 0.717) is 0 Å². The van der Waals surface area contributed by atoms with Crippen LogP contribution in [-0.4, -0.2) is 26.1 Å². The van der Waals surface area contributed by atoms with Gasteiger partial charge < -0.3 is 11.1 Å². The normalized spacial score (nSPS) is 11.5. The number of nitrogen functional groups attached to an aromatic ring is 1. The van der Waals surface area contributed by atoms with Crippen molar-refractivity contribution in [2.24, 2.45) is 0 Å². The number of carbonyl (C=O) groups excluding carboxylic acids is 1. The Bertz CT molecular complexity index is 537. The van der Waals surface area contributed by atoms with Crippen molar-refractivity contribution in [2.75, 3.05) is 11.5 Å². The van der Waals surface area contributed by atoms with Gasteiger partial charge in [0, 0.05) is 6.04 Å². The lowest BCUT2D eigenvalue weighted by Crippen LogP contribution is -2.37. The van der Waals surface area contributed by atoms with E-state index in [4.69, 9.17) is 5.73 Å². The molecule has 0 fully saturated rings. The van der Waals surface area contributed by atoms with Gasteiger partial charge >= 0.3 is 0 Å². The summed E-state index contributed by atoms with van der Waals surface area (Å²) in [6.45, 7) is 3.89. The number of sulfone groups is 1. The highest BCUT2D eigenvalue weighted by Gasteiger charge is 2.22.